The summed E-state index contributed by atoms with van der Waals surface area (Å²) in [5.74, 6) is 0.698. The minimum absolute atomic E-state index is 0.0194. The molecule has 1 N–H and O–H groups in total. The Labute approximate surface area is 130 Å². The van der Waals surface area contributed by atoms with Crippen LogP contribution in [0, 0.1) is 6.92 Å². The first kappa shape index (κ1) is 15.8. The number of rotatable bonds is 7. The number of nitrogens with one attached hydrogen (secondary N) is 1. The number of carbonyl (C=O) groups excluding carboxylic acids is 1. The first-order valence-corrected chi connectivity index (χ1v) is 7.96. The smallest absolute Gasteiger partial charge is 0.252 e. The van der Waals surface area contributed by atoms with Gasteiger partial charge in [0.25, 0.3) is 5.91 Å². The molecule has 0 aliphatic rings. The molecule has 2 rings (SSSR count). The maximum Gasteiger partial charge on any atom is 0.252 e. The number of unbranched alkanes of at least 4 members (excludes halogenated alkanes) is 3. The second kappa shape index (κ2) is 7.99. The summed E-state index contributed by atoms with van der Waals surface area (Å²) in [5, 5.41) is 3.90. The summed E-state index contributed by atoms with van der Waals surface area (Å²) >= 11 is 5.64. The molecule has 1 heterocycles. The minimum Gasteiger partial charge on any atom is -0.352 e. The van der Waals surface area contributed by atoms with Gasteiger partial charge in [-0.3, -0.25) is 9.78 Å². The van der Waals surface area contributed by atoms with Crippen molar-refractivity contribution in [1.82, 2.24) is 10.3 Å². The number of amides is 1. The Bertz CT molecular complexity index is 613. The molecule has 0 spiro atoms. The molecule has 112 valence electrons. The van der Waals surface area contributed by atoms with Crippen molar-refractivity contribution in [2.24, 2.45) is 0 Å². The van der Waals surface area contributed by atoms with Gasteiger partial charge in [-0.25, -0.2) is 0 Å². The third kappa shape index (κ3) is 4.43. The second-order valence-electron chi connectivity index (χ2n) is 5.19. The molecule has 0 aliphatic carbocycles. The quantitative estimate of drug-likeness (QED) is 0.619. The van der Waals surface area contributed by atoms with Crippen LogP contribution in [0.2, 0.25) is 0 Å². The number of alkyl halides is 1. The van der Waals surface area contributed by atoms with Gasteiger partial charge >= 0.3 is 0 Å². The molecular formula is C17H21ClN2O. The Balaban J connectivity index is 1.99. The number of hydrogen-bond acceptors (Lipinski definition) is 2. The molecule has 0 radical (unpaired) electrons. The highest BCUT2D eigenvalue weighted by Gasteiger charge is 2.10. The number of nitrogens with zero attached hydrogens (tertiary/aromatic N) is 1. The molecule has 1 aromatic carbocycles. The third-order valence-electron chi connectivity index (χ3n) is 3.43. The number of carbonyl (C=O) groups is 1. The maximum absolute atomic E-state index is 12.3. The lowest BCUT2D eigenvalue weighted by molar-refractivity contribution is 0.0954. The Kier molecular flexibility index (Phi) is 6.00. The van der Waals surface area contributed by atoms with Crippen molar-refractivity contribution in [3.05, 3.63) is 41.6 Å². The number of hydrogen-bond donors (Lipinski definition) is 1. The highest BCUT2D eigenvalue weighted by Crippen LogP contribution is 2.18. The average molecular weight is 305 g/mol. The summed E-state index contributed by atoms with van der Waals surface area (Å²) in [7, 11) is 0. The molecule has 1 amide bonds. The number of fused-ring (bicyclic) bond motifs is 1. The molecule has 0 fully saturated rings. The van der Waals surface area contributed by atoms with Gasteiger partial charge in [0.15, 0.2) is 0 Å². The second-order valence-corrected chi connectivity index (χ2v) is 5.57. The van der Waals surface area contributed by atoms with Crippen LogP contribution in [0.1, 0.15) is 41.7 Å². The topological polar surface area (TPSA) is 42.0 Å². The molecule has 2 aromatic rings. The molecule has 0 unspecified atom stereocenters. The van der Waals surface area contributed by atoms with Crippen molar-refractivity contribution in [3.63, 3.8) is 0 Å². The van der Waals surface area contributed by atoms with E-state index in [-0.39, 0.29) is 5.91 Å². The van der Waals surface area contributed by atoms with Gasteiger partial charge in [-0.05, 0) is 31.9 Å². The van der Waals surface area contributed by atoms with Gasteiger partial charge in [0.1, 0.15) is 0 Å². The van der Waals surface area contributed by atoms with Crippen molar-refractivity contribution in [2.75, 3.05) is 12.4 Å². The van der Waals surface area contributed by atoms with Crippen LogP contribution in [0.25, 0.3) is 10.9 Å². The molecule has 0 bridgehead atoms. The molecule has 0 saturated heterocycles. The van der Waals surface area contributed by atoms with E-state index < -0.39 is 0 Å². The largest absolute Gasteiger partial charge is 0.352 e. The first-order valence-electron chi connectivity index (χ1n) is 7.43. The molecule has 0 atom stereocenters. The number of aromatic nitrogens is 1. The average Bonchev–Trinajstić information content (AvgIpc) is 2.49. The fourth-order valence-electron chi connectivity index (χ4n) is 2.37. The van der Waals surface area contributed by atoms with E-state index in [9.17, 15) is 4.79 Å². The minimum atomic E-state index is -0.0194. The standard InChI is InChI=1S/C17H21ClN2O/c1-13-12-15(14-8-4-5-9-16(14)20-13)17(21)19-11-7-3-2-6-10-18/h4-5,8-9,12H,2-3,6-7,10-11H2,1H3,(H,19,21). The molecule has 0 aliphatic heterocycles. The van der Waals surface area contributed by atoms with Crippen LogP contribution in [-0.4, -0.2) is 23.3 Å². The van der Waals surface area contributed by atoms with E-state index in [1.54, 1.807) is 0 Å². The maximum atomic E-state index is 12.3. The van der Waals surface area contributed by atoms with E-state index in [4.69, 9.17) is 11.6 Å². The summed E-state index contributed by atoms with van der Waals surface area (Å²) in [6, 6.07) is 9.60. The van der Waals surface area contributed by atoms with Gasteiger partial charge < -0.3 is 5.32 Å². The van der Waals surface area contributed by atoms with Crippen LogP contribution < -0.4 is 5.32 Å². The van der Waals surface area contributed by atoms with Crippen molar-refractivity contribution in [1.29, 1.82) is 0 Å². The van der Waals surface area contributed by atoms with Gasteiger partial charge in [0.05, 0.1) is 11.1 Å². The lowest BCUT2D eigenvalue weighted by Crippen LogP contribution is -2.24. The van der Waals surface area contributed by atoms with Crippen LogP contribution in [0.5, 0.6) is 0 Å². The van der Waals surface area contributed by atoms with E-state index in [0.29, 0.717) is 18.0 Å². The molecule has 1 aromatic heterocycles. The van der Waals surface area contributed by atoms with Crippen molar-refractivity contribution in [2.45, 2.75) is 32.6 Å². The Morgan fingerprint density at radius 1 is 1.19 bits per heavy atom. The zero-order valence-corrected chi connectivity index (χ0v) is 13.1. The third-order valence-corrected chi connectivity index (χ3v) is 3.70. The van der Waals surface area contributed by atoms with Gasteiger partial charge in [-0.15, -0.1) is 11.6 Å². The predicted octanol–water partition coefficient (Wildman–Crippen LogP) is 4.07. The van der Waals surface area contributed by atoms with Gasteiger partial charge in [-0.1, -0.05) is 31.0 Å². The van der Waals surface area contributed by atoms with Crippen LogP contribution >= 0.6 is 11.6 Å². The van der Waals surface area contributed by atoms with Crippen LogP contribution in [0.3, 0.4) is 0 Å². The zero-order chi connectivity index (χ0) is 15.1. The van der Waals surface area contributed by atoms with E-state index in [1.807, 2.05) is 37.3 Å². The van der Waals surface area contributed by atoms with Crippen LogP contribution in [0.15, 0.2) is 30.3 Å². The molecule has 21 heavy (non-hydrogen) atoms. The Morgan fingerprint density at radius 2 is 1.95 bits per heavy atom. The van der Waals surface area contributed by atoms with Crippen molar-refractivity contribution in [3.8, 4) is 0 Å². The molecule has 0 saturated carbocycles. The normalized spacial score (nSPS) is 10.8. The number of benzene rings is 1. The molecular weight excluding hydrogens is 284 g/mol. The summed E-state index contributed by atoms with van der Waals surface area (Å²) < 4.78 is 0. The number of aryl methyl sites for hydroxylation is 1. The van der Waals surface area contributed by atoms with E-state index in [1.165, 1.54) is 0 Å². The lowest BCUT2D eigenvalue weighted by atomic mass is 10.1. The summed E-state index contributed by atoms with van der Waals surface area (Å²) in [6.07, 6.45) is 4.26. The predicted molar refractivity (Wildman–Crippen MR) is 88.0 cm³/mol. The summed E-state index contributed by atoms with van der Waals surface area (Å²) in [6.45, 7) is 2.62. The SMILES string of the molecule is Cc1cc(C(=O)NCCCCCCCl)c2ccccc2n1. The van der Waals surface area contributed by atoms with Crippen molar-refractivity contribution < 1.29 is 4.79 Å². The van der Waals surface area contributed by atoms with Gasteiger partial charge in [-0.2, -0.15) is 0 Å². The van der Waals surface area contributed by atoms with E-state index in [0.717, 1.165) is 42.3 Å². The lowest BCUT2D eigenvalue weighted by Gasteiger charge is -2.09. The first-order chi connectivity index (χ1) is 10.2. The van der Waals surface area contributed by atoms with E-state index >= 15 is 0 Å². The van der Waals surface area contributed by atoms with E-state index in [2.05, 4.69) is 10.3 Å². The molecule has 4 heteroatoms. The fourth-order valence-corrected chi connectivity index (χ4v) is 2.55. The summed E-state index contributed by atoms with van der Waals surface area (Å²) in [4.78, 5) is 16.8. The fraction of sp³-hybridized carbons (Fsp3) is 0.412. The van der Waals surface area contributed by atoms with Gasteiger partial charge in [0, 0.05) is 23.5 Å². The number of para-hydroxylation sites is 1. The number of pyridine rings is 1. The highest BCUT2D eigenvalue weighted by molar-refractivity contribution is 6.17. The Hall–Kier alpha value is -1.61. The number of halogens is 1. The van der Waals surface area contributed by atoms with Crippen molar-refractivity contribution >= 4 is 28.4 Å². The Morgan fingerprint density at radius 3 is 2.76 bits per heavy atom. The zero-order valence-electron chi connectivity index (χ0n) is 12.4. The monoisotopic (exact) mass is 304 g/mol. The highest BCUT2D eigenvalue weighted by atomic mass is 35.5. The van der Waals surface area contributed by atoms with Gasteiger partial charge in [0.2, 0.25) is 0 Å². The van der Waals surface area contributed by atoms with Crippen LogP contribution in [0.4, 0.5) is 0 Å². The van der Waals surface area contributed by atoms with Crippen LogP contribution in [-0.2, 0) is 0 Å². The molecule has 3 nitrogen and oxygen atoms in total. The summed E-state index contributed by atoms with van der Waals surface area (Å²) in [5.41, 5.74) is 2.43.